The number of fused-ring (bicyclic) bond motifs is 1. The van der Waals surface area contributed by atoms with E-state index in [1.54, 1.807) is 27.8 Å². The molecule has 9 heteroatoms. The predicted octanol–water partition coefficient (Wildman–Crippen LogP) is 3.07. The largest absolute Gasteiger partial charge is 0.391 e. The standard InChI is InChI=1S/C28H30N4O4S/c1-17(2)25(32-14-20-5-3-4-6-22(20)27(32)35)28(36)31-15-21(33)11-23(31)26(34)30-12-18-7-9-19(10-8-18)24-13-29-16-37-24/h3-10,13,16-17,21,23,25,33H,11-12,14-15H2,1-2H3,(H,30,34)/t21-,23+,25+/m1/s1. The number of β-amino-alcohol motifs (C(OH)–C–C–N with tert-alkyl or cyclic N) is 1. The number of rotatable bonds is 7. The number of carbonyl (C=O) groups excluding carboxylic acids is 3. The molecular weight excluding hydrogens is 488 g/mol. The van der Waals surface area contributed by atoms with E-state index in [0.29, 0.717) is 18.7 Å². The van der Waals surface area contributed by atoms with Crippen molar-refractivity contribution in [3.05, 3.63) is 76.9 Å². The third kappa shape index (κ3) is 5.01. The van der Waals surface area contributed by atoms with E-state index in [2.05, 4.69) is 10.3 Å². The Morgan fingerprint density at radius 3 is 2.59 bits per heavy atom. The second kappa shape index (κ2) is 10.4. The molecule has 2 aromatic carbocycles. The molecule has 5 rings (SSSR count). The summed E-state index contributed by atoms with van der Waals surface area (Å²) in [5, 5.41) is 13.3. The summed E-state index contributed by atoms with van der Waals surface area (Å²) in [6.45, 7) is 4.53. The summed E-state index contributed by atoms with van der Waals surface area (Å²) in [7, 11) is 0. The van der Waals surface area contributed by atoms with Gasteiger partial charge >= 0.3 is 0 Å². The lowest BCUT2D eigenvalue weighted by atomic mass is 10.0. The van der Waals surface area contributed by atoms with Crippen LogP contribution in [0.4, 0.5) is 0 Å². The van der Waals surface area contributed by atoms with Crippen molar-refractivity contribution in [3.63, 3.8) is 0 Å². The molecule has 0 unspecified atom stereocenters. The van der Waals surface area contributed by atoms with Crippen molar-refractivity contribution in [2.75, 3.05) is 6.54 Å². The average Bonchev–Trinajstić information content (AvgIpc) is 3.63. The number of hydrogen-bond donors (Lipinski definition) is 2. The van der Waals surface area contributed by atoms with Crippen molar-refractivity contribution in [1.82, 2.24) is 20.1 Å². The number of amides is 3. The van der Waals surface area contributed by atoms with Gasteiger partial charge in [-0.05, 0) is 28.7 Å². The third-order valence-corrected chi connectivity index (χ3v) is 7.89. The molecule has 8 nitrogen and oxygen atoms in total. The first-order valence-corrected chi connectivity index (χ1v) is 13.3. The van der Waals surface area contributed by atoms with E-state index in [1.807, 2.05) is 62.5 Å². The quantitative estimate of drug-likeness (QED) is 0.501. The highest BCUT2D eigenvalue weighted by Crippen LogP contribution is 2.30. The Labute approximate surface area is 219 Å². The number of carbonyl (C=O) groups is 3. The molecule has 2 aliphatic heterocycles. The van der Waals surface area contributed by atoms with Crippen molar-refractivity contribution in [2.24, 2.45) is 5.92 Å². The fraction of sp³-hybridized carbons (Fsp3) is 0.357. The normalized spacial score (nSPS) is 19.8. The second-order valence-electron chi connectivity index (χ2n) is 9.96. The molecule has 37 heavy (non-hydrogen) atoms. The molecule has 0 bridgehead atoms. The number of benzene rings is 2. The van der Waals surface area contributed by atoms with Crippen LogP contribution in [0.3, 0.4) is 0 Å². The second-order valence-corrected chi connectivity index (χ2v) is 10.8. The number of aromatic nitrogens is 1. The van der Waals surface area contributed by atoms with Gasteiger partial charge in [0.2, 0.25) is 11.8 Å². The number of nitrogens with one attached hydrogen (secondary N) is 1. The molecule has 1 fully saturated rings. The van der Waals surface area contributed by atoms with Crippen LogP contribution in [-0.4, -0.2) is 62.3 Å². The van der Waals surface area contributed by atoms with Crippen molar-refractivity contribution >= 4 is 29.1 Å². The lowest BCUT2D eigenvalue weighted by Gasteiger charge is -2.35. The Balaban J connectivity index is 1.27. The smallest absolute Gasteiger partial charge is 0.255 e. The van der Waals surface area contributed by atoms with Crippen LogP contribution in [0.15, 0.2) is 60.2 Å². The summed E-state index contributed by atoms with van der Waals surface area (Å²) in [4.78, 5) is 48.3. The first kappa shape index (κ1) is 25.1. The number of nitrogens with zero attached hydrogens (tertiary/aromatic N) is 3. The minimum Gasteiger partial charge on any atom is -0.391 e. The average molecular weight is 519 g/mol. The summed E-state index contributed by atoms with van der Waals surface area (Å²) in [5.41, 5.74) is 5.28. The van der Waals surface area contributed by atoms with Gasteiger partial charge in [0.1, 0.15) is 12.1 Å². The number of hydrogen-bond acceptors (Lipinski definition) is 6. The van der Waals surface area contributed by atoms with Crippen LogP contribution in [0.1, 0.15) is 41.8 Å². The number of likely N-dealkylation sites (tertiary alicyclic amines) is 1. The van der Waals surface area contributed by atoms with E-state index < -0.39 is 18.2 Å². The summed E-state index contributed by atoms with van der Waals surface area (Å²) in [6.07, 6.45) is 1.19. The van der Waals surface area contributed by atoms with Gasteiger partial charge in [0.25, 0.3) is 5.91 Å². The minimum absolute atomic E-state index is 0.0681. The van der Waals surface area contributed by atoms with Crippen molar-refractivity contribution in [2.45, 2.75) is 51.5 Å². The molecule has 3 aromatic rings. The maximum atomic E-state index is 13.8. The molecule has 2 aliphatic rings. The van der Waals surface area contributed by atoms with Crippen LogP contribution >= 0.6 is 11.3 Å². The number of aliphatic hydroxyl groups excluding tert-OH is 1. The van der Waals surface area contributed by atoms with E-state index >= 15 is 0 Å². The molecule has 2 N–H and O–H groups in total. The van der Waals surface area contributed by atoms with Crippen LogP contribution in [-0.2, 0) is 22.7 Å². The number of thiazole rings is 1. The summed E-state index contributed by atoms with van der Waals surface area (Å²) < 4.78 is 0. The van der Waals surface area contributed by atoms with Gasteiger partial charge in [-0.1, -0.05) is 56.3 Å². The van der Waals surface area contributed by atoms with Crippen LogP contribution in [0.25, 0.3) is 10.4 Å². The molecule has 3 amide bonds. The van der Waals surface area contributed by atoms with Crippen LogP contribution in [0.2, 0.25) is 0 Å². The van der Waals surface area contributed by atoms with Gasteiger partial charge in [-0.3, -0.25) is 19.4 Å². The van der Waals surface area contributed by atoms with E-state index in [4.69, 9.17) is 0 Å². The molecule has 3 atom stereocenters. The highest BCUT2D eigenvalue weighted by molar-refractivity contribution is 7.13. The van der Waals surface area contributed by atoms with Gasteiger partial charge < -0.3 is 20.2 Å². The van der Waals surface area contributed by atoms with Crippen molar-refractivity contribution in [3.8, 4) is 10.4 Å². The summed E-state index contributed by atoms with van der Waals surface area (Å²) in [5.74, 6) is -0.953. The maximum absolute atomic E-state index is 13.8. The Kier molecular flexibility index (Phi) is 7.08. The number of aliphatic hydroxyl groups is 1. The van der Waals surface area contributed by atoms with Gasteiger partial charge in [0.05, 0.1) is 16.5 Å². The molecule has 0 aliphatic carbocycles. The molecule has 192 valence electrons. The molecule has 3 heterocycles. The van der Waals surface area contributed by atoms with Gasteiger partial charge in [-0.2, -0.15) is 0 Å². The van der Waals surface area contributed by atoms with E-state index in [1.165, 1.54) is 4.90 Å². The topological polar surface area (TPSA) is 103 Å². The van der Waals surface area contributed by atoms with Gasteiger partial charge in [-0.15, -0.1) is 11.3 Å². The molecule has 1 aromatic heterocycles. The fourth-order valence-corrected chi connectivity index (χ4v) is 5.84. The Hall–Kier alpha value is -3.56. The summed E-state index contributed by atoms with van der Waals surface area (Å²) in [6, 6.07) is 13.7. The van der Waals surface area contributed by atoms with E-state index in [-0.39, 0.29) is 36.6 Å². The first-order chi connectivity index (χ1) is 17.8. The minimum atomic E-state index is -0.794. The predicted molar refractivity (Wildman–Crippen MR) is 140 cm³/mol. The lowest BCUT2D eigenvalue weighted by Crippen LogP contribution is -2.55. The van der Waals surface area contributed by atoms with Crippen molar-refractivity contribution in [1.29, 1.82) is 0 Å². The zero-order valence-corrected chi connectivity index (χ0v) is 21.6. The van der Waals surface area contributed by atoms with E-state index in [0.717, 1.165) is 21.6 Å². The lowest BCUT2D eigenvalue weighted by molar-refractivity contribution is -0.143. The highest BCUT2D eigenvalue weighted by Gasteiger charge is 2.45. The van der Waals surface area contributed by atoms with Crippen LogP contribution in [0.5, 0.6) is 0 Å². The van der Waals surface area contributed by atoms with Crippen molar-refractivity contribution < 1.29 is 19.5 Å². The molecule has 0 radical (unpaired) electrons. The summed E-state index contributed by atoms with van der Waals surface area (Å²) >= 11 is 1.56. The Morgan fingerprint density at radius 2 is 1.92 bits per heavy atom. The highest BCUT2D eigenvalue weighted by atomic mass is 32.1. The SMILES string of the molecule is CC(C)[C@@H](C(=O)N1C[C@H](O)C[C@H]1C(=O)NCc1ccc(-c2cncs2)cc1)N1Cc2ccccc2C1=O. The first-order valence-electron chi connectivity index (χ1n) is 12.5. The van der Waals surface area contributed by atoms with Crippen LogP contribution in [0, 0.1) is 5.92 Å². The fourth-order valence-electron chi connectivity index (χ4n) is 5.21. The Morgan fingerprint density at radius 1 is 1.16 bits per heavy atom. The van der Waals surface area contributed by atoms with Gasteiger partial charge in [-0.25, -0.2) is 0 Å². The molecule has 0 spiro atoms. The molecular formula is C28H30N4O4S. The molecule has 1 saturated heterocycles. The monoisotopic (exact) mass is 518 g/mol. The Bertz CT molecular complexity index is 1290. The zero-order valence-electron chi connectivity index (χ0n) is 20.8. The van der Waals surface area contributed by atoms with E-state index in [9.17, 15) is 19.5 Å². The maximum Gasteiger partial charge on any atom is 0.255 e. The van der Waals surface area contributed by atoms with Crippen LogP contribution < -0.4 is 5.32 Å². The third-order valence-electron chi connectivity index (χ3n) is 7.07. The zero-order chi connectivity index (χ0) is 26.1. The van der Waals surface area contributed by atoms with Gasteiger partial charge in [0.15, 0.2) is 0 Å². The molecule has 0 saturated carbocycles. The van der Waals surface area contributed by atoms with Gasteiger partial charge in [0, 0.05) is 37.8 Å².